The van der Waals surface area contributed by atoms with Crippen LogP contribution >= 0.6 is 0 Å². The van der Waals surface area contributed by atoms with Crippen molar-refractivity contribution in [3.63, 3.8) is 0 Å². The molecule has 0 saturated carbocycles. The predicted octanol–water partition coefficient (Wildman–Crippen LogP) is 2.77. The van der Waals surface area contributed by atoms with Crippen LogP contribution in [-0.4, -0.2) is 83.4 Å². The van der Waals surface area contributed by atoms with Crippen molar-refractivity contribution < 1.29 is 24.5 Å². The monoisotopic (exact) mass is 613 g/mol. The number of carbonyl (C=O) groups excluding carboxylic acids is 1. The zero-order chi connectivity index (χ0) is 31.3. The second-order valence-corrected chi connectivity index (χ2v) is 11.2. The maximum atomic E-state index is 11.3. The Morgan fingerprint density at radius 3 is 2.42 bits per heavy atom. The lowest BCUT2D eigenvalue weighted by Gasteiger charge is -2.24. The molecule has 0 spiro atoms. The molecule has 0 radical (unpaired) electrons. The smallest absolute Gasteiger partial charge is 0.293 e. The van der Waals surface area contributed by atoms with Crippen molar-refractivity contribution in [2.75, 3.05) is 30.0 Å². The van der Waals surface area contributed by atoms with Crippen LogP contribution in [0.15, 0.2) is 73.3 Å². The van der Waals surface area contributed by atoms with Crippen LogP contribution in [0, 0.1) is 5.92 Å². The molecule has 1 aliphatic heterocycles. The summed E-state index contributed by atoms with van der Waals surface area (Å²) in [5.74, 6) is 1.23. The summed E-state index contributed by atoms with van der Waals surface area (Å²) in [6.07, 6.45) is -1.44. The maximum Gasteiger partial charge on any atom is 0.293 e. The second-order valence-electron chi connectivity index (χ2n) is 11.2. The lowest BCUT2D eigenvalue weighted by Crippen LogP contribution is -2.32. The normalized spacial score (nSPS) is 19.8. The van der Waals surface area contributed by atoms with Gasteiger partial charge in [0.2, 0.25) is 5.95 Å². The molecule has 1 aliphatic rings. The zero-order valence-corrected chi connectivity index (χ0v) is 24.8. The number of H-pyrrole nitrogens is 1. The molecule has 14 nitrogen and oxygen atoms in total. The van der Waals surface area contributed by atoms with Gasteiger partial charge in [0.1, 0.15) is 19.2 Å². The van der Waals surface area contributed by atoms with Crippen LogP contribution < -0.4 is 10.2 Å². The Kier molecular flexibility index (Phi) is 8.96. The minimum Gasteiger partial charge on any atom is -0.458 e. The van der Waals surface area contributed by atoms with Gasteiger partial charge in [-0.3, -0.25) is 9.36 Å². The first-order valence-corrected chi connectivity index (χ1v) is 14.7. The lowest BCUT2D eigenvalue weighted by molar-refractivity contribution is -0.140. The van der Waals surface area contributed by atoms with Gasteiger partial charge in [0.25, 0.3) is 6.47 Å². The van der Waals surface area contributed by atoms with E-state index in [4.69, 9.17) is 19.4 Å². The first kappa shape index (κ1) is 30.1. The number of hydrogen-bond acceptors (Lipinski definition) is 12. The summed E-state index contributed by atoms with van der Waals surface area (Å²) in [5, 5.41) is 32.9. The topological polar surface area (TPSA) is 176 Å². The number of carbonyl (C=O) groups is 1. The molecule has 6 rings (SSSR count). The number of benzene rings is 2. The molecule has 0 unspecified atom stereocenters. The summed E-state index contributed by atoms with van der Waals surface area (Å²) in [4.78, 5) is 30.1. The number of imidazole rings is 1. The van der Waals surface area contributed by atoms with Crippen molar-refractivity contribution >= 4 is 29.4 Å². The molecular formula is C31H35N9O5. The average Bonchev–Trinajstić information content (AvgIpc) is 3.81. The molecule has 2 aromatic carbocycles. The molecule has 3 aromatic heterocycles. The summed E-state index contributed by atoms with van der Waals surface area (Å²) >= 11 is 0. The molecule has 45 heavy (non-hydrogen) atoms. The number of aromatic amines is 1. The third kappa shape index (κ3) is 6.20. The fourth-order valence-electron chi connectivity index (χ4n) is 5.67. The second kappa shape index (κ2) is 13.4. The molecule has 1 saturated heterocycles. The minimum absolute atomic E-state index is 0.00328. The van der Waals surface area contributed by atoms with Crippen molar-refractivity contribution in [2.45, 2.75) is 44.3 Å². The van der Waals surface area contributed by atoms with Crippen molar-refractivity contribution in [1.29, 1.82) is 0 Å². The van der Waals surface area contributed by atoms with Crippen LogP contribution in [0.2, 0.25) is 0 Å². The molecule has 14 heteroatoms. The lowest BCUT2D eigenvalue weighted by atomic mass is 9.91. The van der Waals surface area contributed by atoms with Gasteiger partial charge in [0, 0.05) is 19.0 Å². The molecule has 1 fully saturated rings. The van der Waals surface area contributed by atoms with Crippen LogP contribution in [0.5, 0.6) is 0 Å². The zero-order valence-electron chi connectivity index (χ0n) is 24.8. The highest BCUT2D eigenvalue weighted by Crippen LogP contribution is 2.40. The molecule has 0 aliphatic carbocycles. The fraction of sp³-hybridized carbons (Fsp3) is 0.355. The molecular weight excluding hydrogens is 578 g/mol. The van der Waals surface area contributed by atoms with Gasteiger partial charge < -0.3 is 34.9 Å². The summed E-state index contributed by atoms with van der Waals surface area (Å²) in [6, 6.07) is 20.4. The van der Waals surface area contributed by atoms with E-state index in [9.17, 15) is 15.0 Å². The van der Waals surface area contributed by atoms with E-state index in [2.05, 4.69) is 49.7 Å². The number of aromatic nitrogens is 7. The molecule has 0 amide bonds. The number of nitrogens with one attached hydrogen (secondary N) is 2. The van der Waals surface area contributed by atoms with Crippen LogP contribution in [-0.2, 0) is 14.3 Å². The summed E-state index contributed by atoms with van der Waals surface area (Å²) in [6.45, 7) is 5.01. The van der Waals surface area contributed by atoms with Crippen LogP contribution in [0.25, 0.3) is 11.2 Å². The quantitative estimate of drug-likeness (QED) is 0.113. The molecule has 4 heterocycles. The van der Waals surface area contributed by atoms with E-state index < -0.39 is 24.5 Å². The number of ether oxygens (including phenoxy) is 2. The SMILES string of the molecule is CC(C)CN(CO)c1nc(NCC(c2ccccc2)c2ccccc2)c2ncn([C@@H]3O[C@H](c4nnc[nH]4)[C@@H](OC=O)[C@H]3O)c2n1. The van der Waals surface area contributed by atoms with E-state index in [1.165, 1.54) is 12.7 Å². The van der Waals surface area contributed by atoms with E-state index in [0.29, 0.717) is 35.9 Å². The highest BCUT2D eigenvalue weighted by atomic mass is 16.6. The molecule has 4 N–H and O–H groups in total. The standard InChI is InChI=1S/C31H35N9O5/c1-19(2)14-39(17-41)31-36-27(32-13-22(20-9-5-3-6-10-20)21-11-7-4-8-12-21)23-29(37-31)40(16-34-23)30-24(43)25(44-18-42)26(45-30)28-33-15-35-38-28/h3-12,15-16,18-19,22,24-26,30,41,43H,13-14,17H2,1-2H3,(H,32,36,37)(H,33,35,38)/t24-,25+,26+,30-/m1/s1. The van der Waals surface area contributed by atoms with Crippen LogP contribution in [0.4, 0.5) is 11.8 Å². The summed E-state index contributed by atoms with van der Waals surface area (Å²) < 4.78 is 13.0. The van der Waals surface area contributed by atoms with Crippen molar-refractivity contribution in [3.8, 4) is 0 Å². The van der Waals surface area contributed by atoms with Gasteiger partial charge in [0.05, 0.1) is 6.33 Å². The van der Waals surface area contributed by atoms with Crippen molar-refractivity contribution in [2.24, 2.45) is 5.92 Å². The number of anilines is 2. The Hall–Kier alpha value is -4.92. The van der Waals surface area contributed by atoms with Gasteiger partial charge in [0.15, 0.2) is 41.2 Å². The fourth-order valence-corrected chi connectivity index (χ4v) is 5.67. The average molecular weight is 614 g/mol. The third-order valence-electron chi connectivity index (χ3n) is 7.73. The Labute approximate surface area is 259 Å². The Bertz CT molecular complexity index is 1640. The third-order valence-corrected chi connectivity index (χ3v) is 7.73. The molecule has 234 valence electrons. The maximum absolute atomic E-state index is 11.3. The highest BCUT2D eigenvalue weighted by molar-refractivity contribution is 5.84. The van der Waals surface area contributed by atoms with E-state index in [-0.39, 0.29) is 31.0 Å². The predicted molar refractivity (Wildman–Crippen MR) is 164 cm³/mol. The first-order valence-electron chi connectivity index (χ1n) is 14.7. The van der Waals surface area contributed by atoms with E-state index in [1.54, 1.807) is 9.47 Å². The van der Waals surface area contributed by atoms with Crippen LogP contribution in [0.3, 0.4) is 0 Å². The van der Waals surface area contributed by atoms with Crippen molar-refractivity contribution in [1.82, 2.24) is 34.7 Å². The highest BCUT2D eigenvalue weighted by Gasteiger charge is 2.49. The summed E-state index contributed by atoms with van der Waals surface area (Å²) in [5.41, 5.74) is 3.05. The number of hydrogen-bond donors (Lipinski definition) is 4. The Balaban J connectivity index is 1.40. The van der Waals surface area contributed by atoms with Gasteiger partial charge in [-0.1, -0.05) is 74.5 Å². The first-order chi connectivity index (χ1) is 22.0. The van der Waals surface area contributed by atoms with Gasteiger partial charge >= 0.3 is 0 Å². The number of nitrogens with zero attached hydrogens (tertiary/aromatic N) is 7. The largest absolute Gasteiger partial charge is 0.458 e. The summed E-state index contributed by atoms with van der Waals surface area (Å²) in [7, 11) is 0. The number of aliphatic hydroxyl groups excluding tert-OH is 2. The van der Waals surface area contributed by atoms with Gasteiger partial charge in [-0.2, -0.15) is 9.97 Å². The number of rotatable bonds is 13. The number of fused-ring (bicyclic) bond motifs is 1. The minimum atomic E-state index is -1.29. The van der Waals surface area contributed by atoms with Gasteiger partial charge in [-0.05, 0) is 17.0 Å². The van der Waals surface area contributed by atoms with Crippen LogP contribution in [0.1, 0.15) is 49.0 Å². The van der Waals surface area contributed by atoms with Gasteiger partial charge in [-0.15, -0.1) is 10.2 Å². The number of aliphatic hydroxyl groups is 2. The molecule has 5 aromatic rings. The van der Waals surface area contributed by atoms with Crippen molar-refractivity contribution in [3.05, 3.63) is 90.3 Å². The van der Waals surface area contributed by atoms with E-state index in [1.807, 2.05) is 50.2 Å². The Morgan fingerprint density at radius 2 is 1.82 bits per heavy atom. The molecule has 0 bridgehead atoms. The van der Waals surface area contributed by atoms with Gasteiger partial charge in [-0.25, -0.2) is 4.98 Å². The Morgan fingerprint density at radius 1 is 1.11 bits per heavy atom. The molecule has 4 atom stereocenters. The van der Waals surface area contributed by atoms with E-state index in [0.717, 1.165) is 11.1 Å². The van der Waals surface area contributed by atoms with E-state index >= 15 is 0 Å².